The standard InChI is InChI=1S/C5H6Cl2O2S2/c1-10-5(11-2,3(6)8)4(7)9/h1-2H3. The van der Waals surface area contributed by atoms with Gasteiger partial charge < -0.3 is 0 Å². The number of rotatable bonds is 4. The average Bonchev–Trinajstić information content (AvgIpc) is 1.90. The van der Waals surface area contributed by atoms with E-state index in [-0.39, 0.29) is 0 Å². The van der Waals surface area contributed by atoms with E-state index in [0.717, 1.165) is 23.5 Å². The van der Waals surface area contributed by atoms with E-state index in [0.29, 0.717) is 0 Å². The second-order valence-electron chi connectivity index (χ2n) is 1.57. The first-order valence-corrected chi connectivity index (χ1v) is 5.72. The van der Waals surface area contributed by atoms with Crippen molar-refractivity contribution in [3.05, 3.63) is 0 Å². The number of carbonyl (C=O) groups excluding carboxylic acids is 2. The summed E-state index contributed by atoms with van der Waals surface area (Å²) in [5.74, 6) is 0. The highest BCUT2D eigenvalue weighted by molar-refractivity contribution is 8.20. The van der Waals surface area contributed by atoms with Crippen molar-refractivity contribution in [2.45, 2.75) is 4.08 Å². The summed E-state index contributed by atoms with van der Waals surface area (Å²) in [7, 11) is 0. The molecule has 0 aliphatic heterocycles. The molecule has 0 bridgehead atoms. The first kappa shape index (κ1) is 11.6. The van der Waals surface area contributed by atoms with E-state index >= 15 is 0 Å². The van der Waals surface area contributed by atoms with Gasteiger partial charge in [-0.2, -0.15) is 0 Å². The van der Waals surface area contributed by atoms with Crippen LogP contribution in [0.1, 0.15) is 0 Å². The van der Waals surface area contributed by atoms with Crippen LogP contribution in [0.4, 0.5) is 0 Å². The zero-order valence-electron chi connectivity index (χ0n) is 5.89. The smallest absolute Gasteiger partial charge is 0.256 e. The van der Waals surface area contributed by atoms with Crippen molar-refractivity contribution in [2.24, 2.45) is 0 Å². The van der Waals surface area contributed by atoms with Gasteiger partial charge >= 0.3 is 0 Å². The predicted molar refractivity (Wildman–Crippen MR) is 51.5 cm³/mol. The first-order valence-electron chi connectivity index (χ1n) is 2.51. The van der Waals surface area contributed by atoms with E-state index in [2.05, 4.69) is 0 Å². The minimum absolute atomic E-state index is 0.738. The van der Waals surface area contributed by atoms with Crippen LogP contribution in [0.5, 0.6) is 0 Å². The Morgan fingerprint density at radius 2 is 1.36 bits per heavy atom. The molecule has 0 aliphatic rings. The summed E-state index contributed by atoms with van der Waals surface area (Å²) in [5.41, 5.74) is 0. The third-order valence-electron chi connectivity index (χ3n) is 1.09. The molecule has 64 valence electrons. The van der Waals surface area contributed by atoms with Crippen LogP contribution in [0.2, 0.25) is 0 Å². The van der Waals surface area contributed by atoms with Crippen molar-refractivity contribution in [2.75, 3.05) is 12.5 Å². The van der Waals surface area contributed by atoms with Crippen LogP contribution in [0.15, 0.2) is 0 Å². The molecule has 0 atom stereocenters. The van der Waals surface area contributed by atoms with Gasteiger partial charge in [-0.05, 0) is 35.7 Å². The highest BCUT2D eigenvalue weighted by Crippen LogP contribution is 2.38. The van der Waals surface area contributed by atoms with Gasteiger partial charge in [0.1, 0.15) is 0 Å². The van der Waals surface area contributed by atoms with Gasteiger partial charge in [0.2, 0.25) is 4.08 Å². The van der Waals surface area contributed by atoms with Crippen molar-refractivity contribution in [3.63, 3.8) is 0 Å². The fourth-order valence-electron chi connectivity index (χ4n) is 0.482. The normalized spacial score (nSPS) is 11.3. The molecule has 11 heavy (non-hydrogen) atoms. The monoisotopic (exact) mass is 232 g/mol. The van der Waals surface area contributed by atoms with E-state index < -0.39 is 14.6 Å². The van der Waals surface area contributed by atoms with Gasteiger partial charge in [-0.3, -0.25) is 9.59 Å². The molecule has 0 saturated carbocycles. The largest absolute Gasteiger partial charge is 0.278 e. The third kappa shape index (κ3) is 2.28. The van der Waals surface area contributed by atoms with Crippen LogP contribution >= 0.6 is 46.7 Å². The van der Waals surface area contributed by atoms with Crippen LogP contribution in [-0.4, -0.2) is 27.1 Å². The molecule has 0 aliphatic carbocycles. The van der Waals surface area contributed by atoms with Crippen molar-refractivity contribution in [1.82, 2.24) is 0 Å². The van der Waals surface area contributed by atoms with Crippen molar-refractivity contribution in [3.8, 4) is 0 Å². The van der Waals surface area contributed by atoms with Gasteiger partial charge in [0, 0.05) is 0 Å². The Morgan fingerprint density at radius 3 is 1.36 bits per heavy atom. The molecule has 0 rings (SSSR count). The van der Waals surface area contributed by atoms with Crippen molar-refractivity contribution >= 4 is 57.2 Å². The Balaban J connectivity index is 4.76. The second kappa shape index (κ2) is 4.60. The Bertz CT molecular complexity index is 163. The Morgan fingerprint density at radius 1 is 1.09 bits per heavy atom. The topological polar surface area (TPSA) is 34.1 Å². The molecule has 0 saturated heterocycles. The summed E-state index contributed by atoms with van der Waals surface area (Å²) >= 11 is 12.5. The predicted octanol–water partition coefficient (Wildman–Crippen LogP) is 1.94. The molecule has 0 N–H and O–H groups in total. The first-order chi connectivity index (χ1) is 5.01. The van der Waals surface area contributed by atoms with E-state index in [9.17, 15) is 9.59 Å². The zero-order chi connectivity index (χ0) is 9.07. The summed E-state index contributed by atoms with van der Waals surface area (Å²) < 4.78 is -1.33. The van der Waals surface area contributed by atoms with Gasteiger partial charge in [-0.1, -0.05) is 0 Å². The molecule has 0 amide bonds. The van der Waals surface area contributed by atoms with Crippen LogP contribution < -0.4 is 0 Å². The van der Waals surface area contributed by atoms with E-state index in [1.165, 1.54) is 0 Å². The quantitative estimate of drug-likeness (QED) is 0.422. The van der Waals surface area contributed by atoms with E-state index in [4.69, 9.17) is 23.2 Å². The molecule has 0 unspecified atom stereocenters. The lowest BCUT2D eigenvalue weighted by Crippen LogP contribution is -2.33. The lowest BCUT2D eigenvalue weighted by molar-refractivity contribution is -0.119. The average molecular weight is 233 g/mol. The maximum atomic E-state index is 10.8. The lowest BCUT2D eigenvalue weighted by atomic mass is 10.5. The summed E-state index contributed by atoms with van der Waals surface area (Å²) in [6.45, 7) is 0. The van der Waals surface area contributed by atoms with Crippen molar-refractivity contribution < 1.29 is 9.59 Å². The molecule has 0 aromatic carbocycles. The molecule has 0 aromatic heterocycles. The Labute approximate surface area is 83.4 Å². The zero-order valence-corrected chi connectivity index (χ0v) is 9.03. The second-order valence-corrected chi connectivity index (χ2v) is 4.56. The third-order valence-corrected chi connectivity index (χ3v) is 5.00. The Hall–Kier alpha value is 0.620. The van der Waals surface area contributed by atoms with E-state index in [1.807, 2.05) is 0 Å². The van der Waals surface area contributed by atoms with Gasteiger partial charge in [0.25, 0.3) is 10.5 Å². The van der Waals surface area contributed by atoms with Gasteiger partial charge in [-0.25, -0.2) is 0 Å². The fourth-order valence-corrected chi connectivity index (χ4v) is 2.94. The maximum absolute atomic E-state index is 10.8. The summed E-state index contributed by atoms with van der Waals surface area (Å²) in [6, 6.07) is 0. The van der Waals surface area contributed by atoms with Crippen LogP contribution in [0.25, 0.3) is 0 Å². The van der Waals surface area contributed by atoms with Gasteiger partial charge in [0.05, 0.1) is 0 Å². The highest BCUT2D eigenvalue weighted by Gasteiger charge is 2.42. The number of halogens is 2. The minimum Gasteiger partial charge on any atom is -0.278 e. The highest BCUT2D eigenvalue weighted by atomic mass is 35.5. The molecule has 0 aromatic rings. The molecular formula is C5H6Cl2O2S2. The van der Waals surface area contributed by atoms with Gasteiger partial charge in [-0.15, -0.1) is 23.5 Å². The summed E-state index contributed by atoms with van der Waals surface area (Å²) in [5, 5.41) is -1.48. The fraction of sp³-hybridized carbons (Fsp3) is 0.600. The number of hydrogen-bond acceptors (Lipinski definition) is 4. The number of hydrogen-bond donors (Lipinski definition) is 0. The van der Waals surface area contributed by atoms with E-state index in [1.54, 1.807) is 12.5 Å². The molecule has 0 heterocycles. The summed E-state index contributed by atoms with van der Waals surface area (Å²) in [6.07, 6.45) is 3.22. The SMILES string of the molecule is CSC(SC)(C(=O)Cl)C(=O)Cl. The number of thioether (sulfide) groups is 2. The molecule has 0 spiro atoms. The van der Waals surface area contributed by atoms with Gasteiger partial charge in [0.15, 0.2) is 0 Å². The molecular weight excluding hydrogens is 227 g/mol. The molecule has 6 heteroatoms. The summed E-state index contributed by atoms with van der Waals surface area (Å²) in [4.78, 5) is 21.6. The maximum Gasteiger partial charge on any atom is 0.256 e. The molecule has 2 nitrogen and oxygen atoms in total. The van der Waals surface area contributed by atoms with Crippen LogP contribution in [-0.2, 0) is 9.59 Å². The Kier molecular flexibility index (Phi) is 4.86. The van der Waals surface area contributed by atoms with Crippen LogP contribution in [0, 0.1) is 0 Å². The van der Waals surface area contributed by atoms with Crippen LogP contribution in [0.3, 0.4) is 0 Å². The molecule has 0 radical (unpaired) electrons. The molecule has 0 fully saturated rings. The number of carbonyl (C=O) groups is 2. The minimum atomic E-state index is -1.33. The van der Waals surface area contributed by atoms with Crippen molar-refractivity contribution in [1.29, 1.82) is 0 Å². The lowest BCUT2D eigenvalue weighted by Gasteiger charge is -2.19.